The average molecular weight is 490 g/mol. The van der Waals surface area contributed by atoms with Gasteiger partial charge in [0.2, 0.25) is 0 Å². The first-order chi connectivity index (χ1) is 16.9. The van der Waals surface area contributed by atoms with Crippen LogP contribution in [0, 0.1) is 0 Å². The molecule has 0 bridgehead atoms. The molecule has 0 heterocycles. The third-order valence-corrected chi connectivity index (χ3v) is 5.78. The Morgan fingerprint density at radius 3 is 2.17 bits per heavy atom. The van der Waals surface area contributed by atoms with E-state index in [1.54, 1.807) is 78.3 Å². The van der Waals surface area contributed by atoms with Crippen molar-refractivity contribution in [3.63, 3.8) is 0 Å². The summed E-state index contributed by atoms with van der Waals surface area (Å²) in [6.07, 6.45) is 3.76. The summed E-state index contributed by atoms with van der Waals surface area (Å²) in [6, 6.07) is 20.9. The van der Waals surface area contributed by atoms with Crippen LogP contribution < -0.4 is 16.1 Å². The number of rotatable bonds is 8. The van der Waals surface area contributed by atoms with Gasteiger partial charge in [0.25, 0.3) is 17.7 Å². The first-order valence-electron chi connectivity index (χ1n) is 11.1. The molecule has 0 aromatic heterocycles. The number of carbonyl (C=O) groups excluding carboxylic acids is 3. The lowest BCUT2D eigenvalue weighted by Gasteiger charge is -2.10. The lowest BCUT2D eigenvalue weighted by atomic mass is 10.0. The van der Waals surface area contributed by atoms with Gasteiger partial charge in [-0.2, -0.15) is 0 Å². The summed E-state index contributed by atoms with van der Waals surface area (Å²) < 4.78 is 0. The van der Waals surface area contributed by atoms with E-state index >= 15 is 0 Å². The summed E-state index contributed by atoms with van der Waals surface area (Å²) in [4.78, 5) is 36.8. The Kier molecular flexibility index (Phi) is 7.60. The SMILES string of the molecule is O=C(NC1CC1)C(=Cc1ccc(C(=O)NCc2ccc(C(=O)NO)cc2)cc1)c1cccc(Cl)c1. The molecule has 1 aliphatic rings. The lowest BCUT2D eigenvalue weighted by Crippen LogP contribution is -2.26. The third-order valence-electron chi connectivity index (χ3n) is 5.55. The van der Waals surface area contributed by atoms with Crippen molar-refractivity contribution in [2.45, 2.75) is 25.4 Å². The molecule has 8 heteroatoms. The molecule has 0 radical (unpaired) electrons. The number of benzene rings is 3. The molecule has 1 saturated carbocycles. The van der Waals surface area contributed by atoms with Crippen molar-refractivity contribution >= 4 is 41.0 Å². The van der Waals surface area contributed by atoms with Gasteiger partial charge in [-0.25, -0.2) is 5.48 Å². The van der Waals surface area contributed by atoms with E-state index in [0.29, 0.717) is 21.7 Å². The van der Waals surface area contributed by atoms with Gasteiger partial charge in [-0.05, 0) is 72.0 Å². The summed E-state index contributed by atoms with van der Waals surface area (Å²) >= 11 is 6.14. The zero-order valence-electron chi connectivity index (χ0n) is 18.8. The molecule has 178 valence electrons. The van der Waals surface area contributed by atoms with Crippen LogP contribution in [0.15, 0.2) is 72.8 Å². The number of hydrogen-bond acceptors (Lipinski definition) is 4. The summed E-state index contributed by atoms with van der Waals surface area (Å²) in [5.41, 5.74) is 5.18. The highest BCUT2D eigenvalue weighted by molar-refractivity contribution is 6.31. The fourth-order valence-electron chi connectivity index (χ4n) is 3.45. The fourth-order valence-corrected chi connectivity index (χ4v) is 3.64. The number of halogens is 1. The van der Waals surface area contributed by atoms with Crippen LogP contribution in [0.2, 0.25) is 5.02 Å². The van der Waals surface area contributed by atoms with E-state index in [0.717, 1.165) is 29.5 Å². The van der Waals surface area contributed by atoms with Crippen molar-refractivity contribution in [1.29, 1.82) is 0 Å². The topological polar surface area (TPSA) is 108 Å². The molecule has 0 aliphatic heterocycles. The second kappa shape index (κ2) is 11.0. The Hall–Kier alpha value is -3.94. The second-order valence-corrected chi connectivity index (χ2v) is 8.70. The van der Waals surface area contributed by atoms with Crippen molar-refractivity contribution in [1.82, 2.24) is 16.1 Å². The molecule has 0 spiro atoms. The summed E-state index contributed by atoms with van der Waals surface area (Å²) in [7, 11) is 0. The molecule has 4 N–H and O–H groups in total. The molecule has 0 saturated heterocycles. The van der Waals surface area contributed by atoms with E-state index in [2.05, 4.69) is 10.6 Å². The third kappa shape index (κ3) is 6.56. The van der Waals surface area contributed by atoms with Crippen LogP contribution in [0.25, 0.3) is 11.6 Å². The van der Waals surface area contributed by atoms with Gasteiger partial charge in [0.05, 0.1) is 0 Å². The average Bonchev–Trinajstić information content (AvgIpc) is 3.70. The minimum atomic E-state index is -0.599. The van der Waals surface area contributed by atoms with Gasteiger partial charge in [0.1, 0.15) is 0 Å². The van der Waals surface area contributed by atoms with Crippen LogP contribution in [0.5, 0.6) is 0 Å². The maximum atomic E-state index is 12.9. The zero-order chi connectivity index (χ0) is 24.8. The maximum Gasteiger partial charge on any atom is 0.274 e. The number of hydroxylamine groups is 1. The number of nitrogens with one attached hydrogen (secondary N) is 3. The van der Waals surface area contributed by atoms with E-state index < -0.39 is 5.91 Å². The summed E-state index contributed by atoms with van der Waals surface area (Å²) in [5.74, 6) is -1.00. The molecule has 3 amide bonds. The predicted molar refractivity (Wildman–Crippen MR) is 134 cm³/mol. The highest BCUT2D eigenvalue weighted by Crippen LogP contribution is 2.25. The molecule has 3 aromatic carbocycles. The number of carbonyl (C=O) groups is 3. The highest BCUT2D eigenvalue weighted by Gasteiger charge is 2.25. The van der Waals surface area contributed by atoms with Gasteiger partial charge < -0.3 is 10.6 Å². The van der Waals surface area contributed by atoms with Crippen molar-refractivity contribution in [2.24, 2.45) is 0 Å². The molecule has 0 atom stereocenters. The number of amides is 3. The molecule has 4 rings (SSSR count). The molecule has 1 fully saturated rings. The van der Waals surface area contributed by atoms with E-state index in [-0.39, 0.29) is 24.4 Å². The minimum Gasteiger partial charge on any atom is -0.349 e. The molecular formula is C27H24ClN3O4. The van der Waals surface area contributed by atoms with E-state index in [4.69, 9.17) is 16.8 Å². The maximum absolute atomic E-state index is 12.9. The van der Waals surface area contributed by atoms with Crippen LogP contribution in [-0.2, 0) is 11.3 Å². The normalized spacial score (nSPS) is 13.1. The van der Waals surface area contributed by atoms with Crippen molar-refractivity contribution in [3.05, 3.63) is 106 Å². The molecule has 1 aliphatic carbocycles. The smallest absolute Gasteiger partial charge is 0.274 e. The van der Waals surface area contributed by atoms with Crippen LogP contribution >= 0.6 is 11.6 Å². The Morgan fingerprint density at radius 2 is 1.54 bits per heavy atom. The van der Waals surface area contributed by atoms with Gasteiger partial charge in [0.15, 0.2) is 0 Å². The standard InChI is InChI=1S/C27H24ClN3O4/c28-22-3-1-2-21(15-22)24(27(34)30-23-12-13-23)14-17-4-8-19(9-5-17)25(32)29-16-18-6-10-20(11-7-18)26(33)31-35/h1-11,14-15,23,35H,12-13,16H2,(H,29,32)(H,30,34)(H,31,33). The van der Waals surface area contributed by atoms with Crippen LogP contribution in [-0.4, -0.2) is 29.0 Å². The van der Waals surface area contributed by atoms with E-state index in [1.807, 2.05) is 6.07 Å². The lowest BCUT2D eigenvalue weighted by molar-refractivity contribution is -0.115. The molecule has 3 aromatic rings. The van der Waals surface area contributed by atoms with Crippen LogP contribution in [0.1, 0.15) is 50.2 Å². The molecule has 35 heavy (non-hydrogen) atoms. The van der Waals surface area contributed by atoms with Gasteiger partial charge in [0, 0.05) is 34.3 Å². The van der Waals surface area contributed by atoms with Crippen LogP contribution in [0.4, 0.5) is 0 Å². The molecule has 7 nitrogen and oxygen atoms in total. The second-order valence-electron chi connectivity index (χ2n) is 8.26. The Morgan fingerprint density at radius 1 is 0.886 bits per heavy atom. The van der Waals surface area contributed by atoms with Crippen LogP contribution in [0.3, 0.4) is 0 Å². The van der Waals surface area contributed by atoms with Crippen molar-refractivity contribution in [3.8, 4) is 0 Å². The van der Waals surface area contributed by atoms with Crippen molar-refractivity contribution < 1.29 is 19.6 Å². The minimum absolute atomic E-state index is 0.154. The monoisotopic (exact) mass is 489 g/mol. The van der Waals surface area contributed by atoms with Gasteiger partial charge in [-0.3, -0.25) is 19.6 Å². The first kappa shape index (κ1) is 24.2. The molecule has 0 unspecified atom stereocenters. The Labute approximate surface area is 207 Å². The van der Waals surface area contributed by atoms with Gasteiger partial charge in [-0.1, -0.05) is 48.0 Å². The summed E-state index contributed by atoms with van der Waals surface area (Å²) in [5, 5.41) is 15.1. The number of hydrogen-bond donors (Lipinski definition) is 4. The van der Waals surface area contributed by atoms with Crippen molar-refractivity contribution in [2.75, 3.05) is 0 Å². The van der Waals surface area contributed by atoms with E-state index in [1.165, 1.54) is 0 Å². The Balaban J connectivity index is 1.44. The predicted octanol–water partition coefficient (Wildman–Crippen LogP) is 4.21. The quantitative estimate of drug-likeness (QED) is 0.164. The van der Waals surface area contributed by atoms with Gasteiger partial charge in [-0.15, -0.1) is 0 Å². The highest BCUT2D eigenvalue weighted by atomic mass is 35.5. The first-order valence-corrected chi connectivity index (χ1v) is 11.5. The zero-order valence-corrected chi connectivity index (χ0v) is 19.5. The van der Waals surface area contributed by atoms with E-state index in [9.17, 15) is 14.4 Å². The Bertz CT molecular complexity index is 1270. The molecular weight excluding hydrogens is 466 g/mol. The van der Waals surface area contributed by atoms with Gasteiger partial charge >= 0.3 is 0 Å². The largest absolute Gasteiger partial charge is 0.349 e. The fraction of sp³-hybridized carbons (Fsp3) is 0.148. The summed E-state index contributed by atoms with van der Waals surface area (Å²) in [6.45, 7) is 0.280.